The number of methoxy groups -OCH3 is 1. The summed E-state index contributed by atoms with van der Waals surface area (Å²) >= 11 is -1.98. The number of carbonyl (C=O) groups excluding carboxylic acids is 3. The van der Waals surface area contributed by atoms with E-state index in [4.69, 9.17) is 14.0 Å². The van der Waals surface area contributed by atoms with Gasteiger partial charge in [0.25, 0.3) is 11.8 Å². The minimum Gasteiger partial charge on any atom is -0.591 e. The molecule has 0 spiro atoms. The number of carbonyl (C=O) groups is 3. The zero-order valence-corrected chi connectivity index (χ0v) is 19.1. The number of para-hydroxylation sites is 1. The van der Waals surface area contributed by atoms with E-state index in [1.165, 1.54) is 13.2 Å². The zero-order chi connectivity index (χ0) is 24.1. The largest absolute Gasteiger partial charge is 0.591 e. The fourth-order valence-corrected chi connectivity index (χ4v) is 4.53. The maximum absolute atomic E-state index is 13.1. The van der Waals surface area contributed by atoms with Gasteiger partial charge in [-0.15, -0.1) is 0 Å². The predicted molar refractivity (Wildman–Crippen MR) is 118 cm³/mol. The van der Waals surface area contributed by atoms with Gasteiger partial charge in [0.1, 0.15) is 11.5 Å². The first-order chi connectivity index (χ1) is 15.7. The van der Waals surface area contributed by atoms with Crippen molar-refractivity contribution in [2.24, 2.45) is 0 Å². The molecule has 1 aromatic heterocycles. The predicted octanol–water partition coefficient (Wildman–Crippen LogP) is 0.908. The molecule has 1 aliphatic rings. The van der Waals surface area contributed by atoms with Crippen molar-refractivity contribution in [1.82, 2.24) is 15.4 Å². The highest BCUT2D eigenvalue weighted by atomic mass is 32.2. The summed E-state index contributed by atoms with van der Waals surface area (Å²) in [5, 5.41) is 5.13. The number of β-lactam (4-membered cyclic amide) rings is 1. The molecule has 1 aliphatic heterocycles. The van der Waals surface area contributed by atoms with Crippen LogP contribution in [0.5, 0.6) is 5.75 Å². The van der Waals surface area contributed by atoms with Crippen LogP contribution in [0.15, 0.2) is 53.1 Å². The standard InChI is InChI=1S/C21H24N4O7S/c1-12(2)18(21(28)30-4)25-19(27)17(20(25)33(29)24-15-10-13(3)32-23-15)22-16(26)11-31-14-8-6-5-7-9-14/h5-10,17-18,20H,1,11H2,2-4H3,(H,22,26)(H,23,24)/t17-,18?,20-,33?/m1/s1. The highest BCUT2D eigenvalue weighted by Gasteiger charge is 2.60. The van der Waals surface area contributed by atoms with Crippen LogP contribution in [0.3, 0.4) is 0 Å². The van der Waals surface area contributed by atoms with Crippen LogP contribution in [0.4, 0.5) is 5.82 Å². The molecule has 1 fully saturated rings. The lowest BCUT2D eigenvalue weighted by Gasteiger charge is -2.47. The summed E-state index contributed by atoms with van der Waals surface area (Å²) in [6.07, 6.45) is 0. The first kappa shape index (κ1) is 24.1. The number of anilines is 1. The number of esters is 1. The summed E-state index contributed by atoms with van der Waals surface area (Å²) in [7, 11) is 1.17. The number of amides is 2. The number of hydrogen-bond acceptors (Lipinski definition) is 9. The maximum Gasteiger partial charge on any atom is 0.333 e. The van der Waals surface area contributed by atoms with Crippen molar-refractivity contribution < 1.29 is 32.9 Å². The topological polar surface area (TPSA) is 146 Å². The SMILES string of the molecule is C=C(C)C(C(=O)OC)N1C(=O)[C@@H](NC(=O)COc2ccccc2)[C@H]1[S+]([O-])Nc1cc(C)on1. The van der Waals surface area contributed by atoms with E-state index in [0.717, 1.165) is 4.90 Å². The average molecular weight is 477 g/mol. The summed E-state index contributed by atoms with van der Waals surface area (Å²) in [6, 6.07) is 7.83. The van der Waals surface area contributed by atoms with E-state index in [1.54, 1.807) is 44.2 Å². The second kappa shape index (κ2) is 10.4. The summed E-state index contributed by atoms with van der Waals surface area (Å²) in [5.41, 5.74) is 0.312. The second-order valence-corrected chi connectivity index (χ2v) is 8.56. The maximum atomic E-state index is 13.1. The number of benzene rings is 1. The Morgan fingerprint density at radius 2 is 2.06 bits per heavy atom. The lowest BCUT2D eigenvalue weighted by Crippen LogP contribution is -2.77. The van der Waals surface area contributed by atoms with Crippen LogP contribution in [0.25, 0.3) is 0 Å². The Morgan fingerprint density at radius 3 is 2.64 bits per heavy atom. The van der Waals surface area contributed by atoms with Crippen LogP contribution in [-0.2, 0) is 30.5 Å². The van der Waals surface area contributed by atoms with Crippen molar-refractivity contribution in [3.63, 3.8) is 0 Å². The third-order valence-corrected chi connectivity index (χ3v) is 6.08. The molecule has 2 amide bonds. The first-order valence-electron chi connectivity index (χ1n) is 9.86. The highest BCUT2D eigenvalue weighted by molar-refractivity contribution is 7.93. The first-order valence-corrected chi connectivity index (χ1v) is 11.1. The number of nitrogens with one attached hydrogen (secondary N) is 2. The van der Waals surface area contributed by atoms with Crippen molar-refractivity contribution in [3.05, 3.63) is 54.3 Å². The highest BCUT2D eigenvalue weighted by Crippen LogP contribution is 2.31. The van der Waals surface area contributed by atoms with E-state index in [1.807, 2.05) is 0 Å². The molecule has 4 atom stereocenters. The molecule has 1 aromatic carbocycles. The zero-order valence-electron chi connectivity index (χ0n) is 18.3. The summed E-state index contributed by atoms with van der Waals surface area (Å²) in [4.78, 5) is 38.8. The van der Waals surface area contributed by atoms with Gasteiger partial charge in [-0.3, -0.25) is 14.5 Å². The molecule has 2 unspecified atom stereocenters. The minimum absolute atomic E-state index is 0.174. The molecule has 1 saturated heterocycles. The fraction of sp³-hybridized carbons (Fsp3) is 0.333. The smallest absolute Gasteiger partial charge is 0.333 e. The molecule has 12 heteroatoms. The normalized spacial score (nSPS) is 19.2. The molecule has 0 radical (unpaired) electrons. The molecular weight excluding hydrogens is 452 g/mol. The molecule has 0 aliphatic carbocycles. The Balaban J connectivity index is 1.77. The number of likely N-dealkylation sites (tertiary alicyclic amines) is 1. The van der Waals surface area contributed by atoms with Gasteiger partial charge in [-0.2, -0.15) is 4.72 Å². The molecule has 0 saturated carbocycles. The van der Waals surface area contributed by atoms with Crippen molar-refractivity contribution in [1.29, 1.82) is 0 Å². The molecular formula is C21H24N4O7S. The number of nitrogens with zero attached hydrogens (tertiary/aromatic N) is 2. The van der Waals surface area contributed by atoms with Gasteiger partial charge >= 0.3 is 5.97 Å². The summed E-state index contributed by atoms with van der Waals surface area (Å²) in [6.45, 7) is 6.59. The summed E-state index contributed by atoms with van der Waals surface area (Å²) < 4.78 is 30.9. The molecule has 0 bridgehead atoms. The Bertz CT molecular complexity index is 1030. The molecule has 2 aromatic rings. The molecule has 33 heavy (non-hydrogen) atoms. The molecule has 3 rings (SSSR count). The number of rotatable bonds is 10. The van der Waals surface area contributed by atoms with Gasteiger partial charge in [-0.25, -0.2) is 4.79 Å². The fourth-order valence-electron chi connectivity index (χ4n) is 3.24. The second-order valence-electron chi connectivity index (χ2n) is 7.28. The van der Waals surface area contributed by atoms with Crippen molar-refractivity contribution in [2.45, 2.75) is 31.3 Å². The van der Waals surface area contributed by atoms with Gasteiger partial charge in [0, 0.05) is 6.07 Å². The van der Waals surface area contributed by atoms with Crippen LogP contribution < -0.4 is 14.8 Å². The Labute approximate surface area is 193 Å². The van der Waals surface area contributed by atoms with E-state index >= 15 is 0 Å². The van der Waals surface area contributed by atoms with Gasteiger partial charge in [0.15, 0.2) is 18.7 Å². The van der Waals surface area contributed by atoms with E-state index < -0.39 is 46.6 Å². The van der Waals surface area contributed by atoms with Crippen molar-refractivity contribution in [2.75, 3.05) is 18.4 Å². The Hall–Kier alpha value is -3.51. The monoisotopic (exact) mass is 476 g/mol. The van der Waals surface area contributed by atoms with Gasteiger partial charge < -0.3 is 23.9 Å². The van der Waals surface area contributed by atoms with Crippen molar-refractivity contribution >= 4 is 35.0 Å². The number of ether oxygens (including phenoxy) is 2. The van der Waals surface area contributed by atoms with Crippen LogP contribution in [0.1, 0.15) is 12.7 Å². The van der Waals surface area contributed by atoms with Crippen LogP contribution >= 0.6 is 0 Å². The van der Waals surface area contributed by atoms with Crippen LogP contribution in [0, 0.1) is 6.92 Å². The van der Waals surface area contributed by atoms with Crippen LogP contribution in [0.2, 0.25) is 0 Å². The molecule has 176 valence electrons. The third-order valence-electron chi connectivity index (χ3n) is 4.73. The molecule has 11 nitrogen and oxygen atoms in total. The van der Waals surface area contributed by atoms with E-state index in [9.17, 15) is 18.9 Å². The Kier molecular flexibility index (Phi) is 7.61. The average Bonchev–Trinajstić information content (AvgIpc) is 3.20. The number of aromatic nitrogens is 1. The summed E-state index contributed by atoms with van der Waals surface area (Å²) in [5.74, 6) is -0.822. The van der Waals surface area contributed by atoms with Gasteiger partial charge in [-0.05, 0) is 31.6 Å². The molecule has 2 heterocycles. The van der Waals surface area contributed by atoms with Gasteiger partial charge in [0.05, 0.1) is 18.5 Å². The minimum atomic E-state index is -1.98. The van der Waals surface area contributed by atoms with E-state index in [0.29, 0.717) is 17.1 Å². The quantitative estimate of drug-likeness (QED) is 0.221. The Morgan fingerprint density at radius 1 is 1.36 bits per heavy atom. The lowest BCUT2D eigenvalue weighted by molar-refractivity contribution is -0.161. The number of aryl methyl sites for hydroxylation is 1. The van der Waals surface area contributed by atoms with Crippen molar-refractivity contribution in [3.8, 4) is 5.75 Å². The lowest BCUT2D eigenvalue weighted by atomic mass is 9.99. The number of hydrogen-bond donors (Lipinski definition) is 2. The van der Waals surface area contributed by atoms with Crippen LogP contribution in [-0.4, -0.2) is 63.6 Å². The molecule has 2 N–H and O–H groups in total. The third kappa shape index (κ3) is 5.46. The van der Waals surface area contributed by atoms with E-state index in [2.05, 4.69) is 21.8 Å². The van der Waals surface area contributed by atoms with Gasteiger partial charge in [0.2, 0.25) is 11.2 Å². The van der Waals surface area contributed by atoms with E-state index in [-0.39, 0.29) is 12.4 Å². The van der Waals surface area contributed by atoms with Gasteiger partial charge in [-0.1, -0.05) is 29.9 Å².